The van der Waals surface area contributed by atoms with Gasteiger partial charge >= 0.3 is 0 Å². The van der Waals surface area contributed by atoms with Crippen molar-refractivity contribution in [3.8, 4) is 0 Å². The van der Waals surface area contributed by atoms with Crippen LogP contribution in [0.25, 0.3) is 0 Å². The fraction of sp³-hybridized carbons (Fsp3) is 0.700. The molecule has 0 spiro atoms. The van der Waals surface area contributed by atoms with E-state index >= 15 is 0 Å². The third-order valence-electron chi connectivity index (χ3n) is 5.62. The van der Waals surface area contributed by atoms with E-state index < -0.39 is 0 Å². The zero-order valence-corrected chi connectivity index (χ0v) is 14.9. The van der Waals surface area contributed by atoms with E-state index in [1.807, 2.05) is 12.1 Å². The predicted octanol–water partition coefficient (Wildman–Crippen LogP) is 3.19. The Balaban J connectivity index is 1.44. The Hall–Kier alpha value is -0.970. The van der Waals surface area contributed by atoms with Gasteiger partial charge in [-0.15, -0.1) is 0 Å². The maximum Gasteiger partial charge on any atom is 0.126 e. The average molecular weight is 334 g/mol. The average Bonchev–Trinajstić information content (AvgIpc) is 2.62. The van der Waals surface area contributed by atoms with Crippen LogP contribution in [0.4, 0.5) is 4.39 Å². The molecule has 3 nitrogen and oxygen atoms in total. The van der Waals surface area contributed by atoms with Crippen LogP contribution in [0.2, 0.25) is 0 Å². The summed E-state index contributed by atoms with van der Waals surface area (Å²) in [5.41, 5.74) is 0.846. The molecule has 24 heavy (non-hydrogen) atoms. The van der Waals surface area contributed by atoms with Gasteiger partial charge in [0.1, 0.15) is 5.82 Å². The van der Waals surface area contributed by atoms with Crippen LogP contribution in [0.1, 0.15) is 31.2 Å². The Bertz CT molecular complexity index is 504. The molecule has 2 aliphatic heterocycles. The van der Waals surface area contributed by atoms with Crippen LogP contribution in [-0.4, -0.2) is 62.3 Å². The van der Waals surface area contributed by atoms with Crippen molar-refractivity contribution in [2.24, 2.45) is 5.92 Å². The van der Waals surface area contributed by atoms with E-state index in [-0.39, 0.29) is 5.82 Å². The van der Waals surface area contributed by atoms with Crippen molar-refractivity contribution in [2.45, 2.75) is 38.1 Å². The molecule has 0 aromatic heterocycles. The fourth-order valence-corrected chi connectivity index (χ4v) is 4.17. The first-order valence-corrected chi connectivity index (χ1v) is 9.46. The zero-order valence-electron chi connectivity index (χ0n) is 14.9. The molecule has 0 bridgehead atoms. The van der Waals surface area contributed by atoms with Crippen LogP contribution in [0, 0.1) is 11.7 Å². The summed E-state index contributed by atoms with van der Waals surface area (Å²) in [4.78, 5) is 5.08. The highest BCUT2D eigenvalue weighted by atomic mass is 19.1. The van der Waals surface area contributed by atoms with Crippen LogP contribution in [0.3, 0.4) is 0 Å². The highest BCUT2D eigenvalue weighted by Crippen LogP contribution is 2.21. The molecule has 0 aliphatic carbocycles. The predicted molar refractivity (Wildman–Crippen MR) is 95.7 cm³/mol. The van der Waals surface area contributed by atoms with Gasteiger partial charge in [-0.05, 0) is 63.2 Å². The van der Waals surface area contributed by atoms with Gasteiger partial charge in [-0.1, -0.05) is 18.2 Å². The molecule has 4 heteroatoms. The number of hydrogen-bond acceptors (Lipinski definition) is 3. The quantitative estimate of drug-likeness (QED) is 0.795. The number of piperidine rings is 1. The van der Waals surface area contributed by atoms with Crippen molar-refractivity contribution in [2.75, 3.05) is 46.4 Å². The molecule has 0 unspecified atom stereocenters. The first-order chi connectivity index (χ1) is 11.7. The van der Waals surface area contributed by atoms with E-state index in [1.165, 1.54) is 32.2 Å². The number of nitrogens with zero attached hydrogens (tertiary/aromatic N) is 2. The van der Waals surface area contributed by atoms with Gasteiger partial charge < -0.3 is 14.5 Å². The van der Waals surface area contributed by atoms with Gasteiger partial charge in [0.15, 0.2) is 0 Å². The molecule has 0 N–H and O–H groups in total. The Morgan fingerprint density at radius 1 is 1.21 bits per heavy atom. The molecule has 3 rings (SSSR count). The minimum Gasteiger partial charge on any atom is -0.381 e. The molecule has 0 radical (unpaired) electrons. The minimum atomic E-state index is -0.0645. The summed E-state index contributed by atoms with van der Waals surface area (Å²) >= 11 is 0. The SMILES string of the molecule is CN(C[C@@H]1CCCN(CCc2ccccc2F)C1)C1CCOCC1. The number of likely N-dealkylation sites (tertiary alicyclic amines) is 1. The lowest BCUT2D eigenvalue weighted by molar-refractivity contribution is 0.0324. The van der Waals surface area contributed by atoms with Gasteiger partial charge in [0, 0.05) is 38.9 Å². The molecular formula is C20H31FN2O. The molecule has 1 aromatic rings. The number of ether oxygens (including phenoxy) is 1. The van der Waals surface area contributed by atoms with Crippen LogP contribution in [0.5, 0.6) is 0 Å². The topological polar surface area (TPSA) is 15.7 Å². The summed E-state index contributed by atoms with van der Waals surface area (Å²) in [5, 5.41) is 0. The summed E-state index contributed by atoms with van der Waals surface area (Å²) in [5.74, 6) is 0.678. The Morgan fingerprint density at radius 2 is 2.00 bits per heavy atom. The number of hydrogen-bond donors (Lipinski definition) is 0. The minimum absolute atomic E-state index is 0.0645. The fourth-order valence-electron chi connectivity index (χ4n) is 4.17. The highest BCUT2D eigenvalue weighted by Gasteiger charge is 2.25. The molecule has 2 saturated heterocycles. The van der Waals surface area contributed by atoms with Crippen LogP contribution >= 0.6 is 0 Å². The maximum atomic E-state index is 13.8. The van der Waals surface area contributed by atoms with Gasteiger partial charge in [-0.3, -0.25) is 0 Å². The summed E-state index contributed by atoms with van der Waals surface area (Å²) < 4.78 is 19.2. The van der Waals surface area contributed by atoms with Gasteiger partial charge in [0.05, 0.1) is 0 Å². The van der Waals surface area contributed by atoms with E-state index in [0.717, 1.165) is 50.8 Å². The third-order valence-corrected chi connectivity index (χ3v) is 5.62. The smallest absolute Gasteiger partial charge is 0.126 e. The van der Waals surface area contributed by atoms with Crippen molar-refractivity contribution in [1.82, 2.24) is 9.80 Å². The second kappa shape index (κ2) is 8.93. The second-order valence-electron chi connectivity index (χ2n) is 7.43. The van der Waals surface area contributed by atoms with Gasteiger partial charge in [-0.2, -0.15) is 0 Å². The second-order valence-corrected chi connectivity index (χ2v) is 7.43. The number of halogens is 1. The molecule has 134 valence electrons. The maximum absolute atomic E-state index is 13.8. The van der Waals surface area contributed by atoms with Crippen LogP contribution in [-0.2, 0) is 11.2 Å². The normalized spacial score (nSPS) is 23.7. The van der Waals surface area contributed by atoms with Crippen molar-refractivity contribution in [1.29, 1.82) is 0 Å². The molecule has 1 atom stereocenters. The summed E-state index contributed by atoms with van der Waals surface area (Å²) in [6, 6.07) is 7.86. The summed E-state index contributed by atoms with van der Waals surface area (Å²) in [6.45, 7) is 6.29. The molecule has 2 aliphatic rings. The molecule has 2 fully saturated rings. The molecule has 0 amide bonds. The van der Waals surface area contributed by atoms with Crippen molar-refractivity contribution >= 4 is 0 Å². The van der Waals surface area contributed by atoms with E-state index in [2.05, 4.69) is 16.8 Å². The van der Waals surface area contributed by atoms with E-state index in [4.69, 9.17) is 4.74 Å². The van der Waals surface area contributed by atoms with E-state index in [9.17, 15) is 4.39 Å². The number of benzene rings is 1. The zero-order chi connectivity index (χ0) is 16.8. The van der Waals surface area contributed by atoms with Gasteiger partial charge in [-0.25, -0.2) is 4.39 Å². The summed E-state index contributed by atoms with van der Waals surface area (Å²) in [6.07, 6.45) is 5.74. The van der Waals surface area contributed by atoms with Crippen LogP contribution < -0.4 is 0 Å². The lowest BCUT2D eigenvalue weighted by Crippen LogP contribution is -2.44. The van der Waals surface area contributed by atoms with Gasteiger partial charge in [0.25, 0.3) is 0 Å². The first kappa shape index (κ1) is 17.8. The molecular weight excluding hydrogens is 303 g/mol. The summed E-state index contributed by atoms with van der Waals surface area (Å²) in [7, 11) is 2.27. The van der Waals surface area contributed by atoms with E-state index in [1.54, 1.807) is 12.1 Å². The Kier molecular flexibility index (Phi) is 6.64. The van der Waals surface area contributed by atoms with Crippen molar-refractivity contribution in [3.63, 3.8) is 0 Å². The Labute approximate surface area is 145 Å². The largest absolute Gasteiger partial charge is 0.381 e. The lowest BCUT2D eigenvalue weighted by atomic mass is 9.95. The third kappa shape index (κ3) is 5.01. The Morgan fingerprint density at radius 3 is 2.79 bits per heavy atom. The number of rotatable bonds is 6. The first-order valence-electron chi connectivity index (χ1n) is 9.46. The lowest BCUT2D eigenvalue weighted by Gasteiger charge is -2.38. The van der Waals surface area contributed by atoms with Gasteiger partial charge in [0.2, 0.25) is 0 Å². The standard InChI is InChI=1S/C20H31FN2O/c1-22(19-9-13-24-14-10-19)15-17-5-4-11-23(16-17)12-8-18-6-2-3-7-20(18)21/h2-3,6-7,17,19H,4-5,8-16H2,1H3/t17-/m0/s1. The molecule has 0 saturated carbocycles. The monoisotopic (exact) mass is 334 g/mol. The highest BCUT2D eigenvalue weighted by molar-refractivity contribution is 5.17. The van der Waals surface area contributed by atoms with Crippen molar-refractivity contribution in [3.05, 3.63) is 35.6 Å². The van der Waals surface area contributed by atoms with Crippen molar-refractivity contribution < 1.29 is 9.13 Å². The van der Waals surface area contributed by atoms with Crippen LogP contribution in [0.15, 0.2) is 24.3 Å². The molecule has 2 heterocycles. The molecule has 1 aromatic carbocycles. The van der Waals surface area contributed by atoms with E-state index in [0.29, 0.717) is 6.04 Å².